The minimum atomic E-state index is -3.73. The van der Waals surface area contributed by atoms with Crippen molar-refractivity contribution in [3.05, 3.63) is 41.2 Å². The molecule has 0 spiro atoms. The van der Waals surface area contributed by atoms with E-state index < -0.39 is 9.05 Å². The number of hydrogen-bond acceptors (Lipinski definition) is 4. The van der Waals surface area contributed by atoms with Gasteiger partial charge in [-0.3, -0.25) is 4.68 Å². The van der Waals surface area contributed by atoms with E-state index >= 15 is 0 Å². The number of nitrogens with zero attached hydrogens (tertiary/aromatic N) is 2. The molecule has 0 amide bonds. The van der Waals surface area contributed by atoms with Crippen LogP contribution in [0.15, 0.2) is 29.4 Å². The van der Waals surface area contributed by atoms with E-state index in [9.17, 15) is 8.42 Å². The van der Waals surface area contributed by atoms with Gasteiger partial charge in [0, 0.05) is 29.5 Å². The van der Waals surface area contributed by atoms with Gasteiger partial charge in [-0.2, -0.15) is 5.10 Å². The summed E-state index contributed by atoms with van der Waals surface area (Å²) < 4.78 is 30.1. The number of rotatable bonds is 4. The first kappa shape index (κ1) is 14.9. The average molecular weight is 315 g/mol. The minimum Gasteiger partial charge on any atom is -0.488 e. The Hall–Kier alpha value is -1.53. The van der Waals surface area contributed by atoms with Gasteiger partial charge in [-0.05, 0) is 37.1 Å². The van der Waals surface area contributed by atoms with E-state index in [1.165, 1.54) is 12.1 Å². The lowest BCUT2D eigenvalue weighted by molar-refractivity contribution is 0.301. The fraction of sp³-hybridized carbons (Fsp3) is 0.308. The summed E-state index contributed by atoms with van der Waals surface area (Å²) >= 11 is 0. The van der Waals surface area contributed by atoms with Gasteiger partial charge in [-0.15, -0.1) is 0 Å². The molecule has 0 radical (unpaired) electrons. The molecule has 7 heteroatoms. The van der Waals surface area contributed by atoms with Crippen LogP contribution in [-0.4, -0.2) is 18.2 Å². The molecule has 20 heavy (non-hydrogen) atoms. The summed E-state index contributed by atoms with van der Waals surface area (Å²) in [5.74, 6) is 0.665. The summed E-state index contributed by atoms with van der Waals surface area (Å²) in [6.45, 7) is 3.96. The maximum absolute atomic E-state index is 11.3. The van der Waals surface area contributed by atoms with E-state index in [0.717, 1.165) is 16.7 Å². The fourth-order valence-corrected chi connectivity index (χ4v) is 2.88. The topological polar surface area (TPSA) is 61.2 Å². The highest BCUT2D eigenvalue weighted by atomic mass is 35.7. The van der Waals surface area contributed by atoms with Crippen LogP contribution in [0.3, 0.4) is 0 Å². The predicted molar refractivity (Wildman–Crippen MR) is 76.5 cm³/mol. The third-order valence-electron chi connectivity index (χ3n) is 2.86. The molecule has 0 N–H and O–H groups in total. The fourth-order valence-electron chi connectivity index (χ4n) is 1.98. The van der Waals surface area contributed by atoms with Gasteiger partial charge in [0.2, 0.25) is 0 Å². The highest BCUT2D eigenvalue weighted by Gasteiger charge is 2.15. The molecule has 1 aromatic heterocycles. The van der Waals surface area contributed by atoms with Crippen molar-refractivity contribution in [2.24, 2.45) is 7.05 Å². The van der Waals surface area contributed by atoms with Crippen LogP contribution in [0.25, 0.3) is 0 Å². The Morgan fingerprint density at radius 2 is 1.90 bits per heavy atom. The monoisotopic (exact) mass is 314 g/mol. The van der Waals surface area contributed by atoms with Gasteiger partial charge in [-0.1, -0.05) is 0 Å². The van der Waals surface area contributed by atoms with E-state index in [4.69, 9.17) is 15.4 Å². The molecule has 0 saturated heterocycles. The Morgan fingerprint density at radius 3 is 2.35 bits per heavy atom. The molecular weight excluding hydrogens is 300 g/mol. The summed E-state index contributed by atoms with van der Waals surface area (Å²) in [5.41, 5.74) is 2.40. The first-order valence-corrected chi connectivity index (χ1v) is 8.24. The molecule has 5 nitrogen and oxygen atoms in total. The number of halogens is 1. The van der Waals surface area contributed by atoms with Crippen LogP contribution in [0.4, 0.5) is 0 Å². The Labute approximate surface area is 122 Å². The lowest BCUT2D eigenvalue weighted by atomic mass is 10.1. The second-order valence-electron chi connectivity index (χ2n) is 4.63. The summed E-state index contributed by atoms with van der Waals surface area (Å²) in [6.07, 6.45) is 3.59. The molecule has 2 aromatic rings. The van der Waals surface area contributed by atoms with Gasteiger partial charge in [0.15, 0.2) is 0 Å². The summed E-state index contributed by atoms with van der Waals surface area (Å²) in [7, 11) is 3.46. The van der Waals surface area contributed by atoms with Gasteiger partial charge in [-0.25, -0.2) is 8.42 Å². The molecule has 0 saturated carbocycles. The second-order valence-corrected chi connectivity index (χ2v) is 7.20. The first-order chi connectivity index (χ1) is 9.27. The number of hydrogen-bond donors (Lipinski definition) is 0. The number of aryl methyl sites for hydroxylation is 3. The van der Waals surface area contributed by atoms with Crippen molar-refractivity contribution in [1.29, 1.82) is 0 Å². The summed E-state index contributed by atoms with van der Waals surface area (Å²) in [6, 6.07) is 3.02. The zero-order chi connectivity index (χ0) is 14.9. The van der Waals surface area contributed by atoms with Crippen molar-refractivity contribution >= 4 is 19.7 Å². The van der Waals surface area contributed by atoms with Crippen LogP contribution < -0.4 is 4.74 Å². The SMILES string of the molecule is Cc1cc(S(=O)(=O)Cl)cc(C)c1OCc1cnn(C)c1. The summed E-state index contributed by atoms with van der Waals surface area (Å²) in [5, 5.41) is 4.06. The number of benzene rings is 1. The highest BCUT2D eigenvalue weighted by Crippen LogP contribution is 2.29. The van der Waals surface area contributed by atoms with Crippen LogP contribution in [0.2, 0.25) is 0 Å². The smallest absolute Gasteiger partial charge is 0.261 e. The quantitative estimate of drug-likeness (QED) is 0.814. The van der Waals surface area contributed by atoms with Gasteiger partial charge < -0.3 is 4.74 Å². The molecule has 1 aromatic carbocycles. The van der Waals surface area contributed by atoms with Crippen LogP contribution in [0.1, 0.15) is 16.7 Å². The average Bonchev–Trinajstić information content (AvgIpc) is 2.72. The molecule has 0 bridgehead atoms. The normalized spacial score (nSPS) is 11.6. The van der Waals surface area contributed by atoms with E-state index in [1.807, 2.05) is 13.2 Å². The maximum Gasteiger partial charge on any atom is 0.261 e. The second kappa shape index (κ2) is 5.46. The molecule has 1 heterocycles. The van der Waals surface area contributed by atoms with Gasteiger partial charge >= 0.3 is 0 Å². The molecule has 2 rings (SSSR count). The molecule has 0 atom stereocenters. The van der Waals surface area contributed by atoms with Crippen molar-refractivity contribution < 1.29 is 13.2 Å². The maximum atomic E-state index is 11.3. The molecule has 0 aliphatic carbocycles. The minimum absolute atomic E-state index is 0.0860. The summed E-state index contributed by atoms with van der Waals surface area (Å²) in [4.78, 5) is 0.0860. The van der Waals surface area contributed by atoms with Crippen LogP contribution in [-0.2, 0) is 22.7 Å². The van der Waals surface area contributed by atoms with Crippen molar-refractivity contribution in [2.45, 2.75) is 25.3 Å². The third-order valence-corrected chi connectivity index (χ3v) is 4.19. The van der Waals surface area contributed by atoms with Crippen molar-refractivity contribution in [2.75, 3.05) is 0 Å². The third kappa shape index (κ3) is 3.32. The zero-order valence-corrected chi connectivity index (χ0v) is 13.0. The molecule has 0 fully saturated rings. The zero-order valence-electron chi connectivity index (χ0n) is 11.4. The van der Waals surface area contributed by atoms with E-state index in [1.54, 1.807) is 24.7 Å². The Kier molecular flexibility index (Phi) is 4.06. The van der Waals surface area contributed by atoms with Gasteiger partial charge in [0.25, 0.3) is 9.05 Å². The van der Waals surface area contributed by atoms with Gasteiger partial charge in [0.05, 0.1) is 11.1 Å². The van der Waals surface area contributed by atoms with Crippen molar-refractivity contribution in [1.82, 2.24) is 9.78 Å². The van der Waals surface area contributed by atoms with Crippen LogP contribution in [0, 0.1) is 13.8 Å². The lowest BCUT2D eigenvalue weighted by Crippen LogP contribution is -2.00. The lowest BCUT2D eigenvalue weighted by Gasteiger charge is -2.12. The van der Waals surface area contributed by atoms with Gasteiger partial charge in [0.1, 0.15) is 12.4 Å². The number of ether oxygens (including phenoxy) is 1. The molecule has 0 aliphatic rings. The molecule has 108 valence electrons. The molecule has 0 unspecified atom stereocenters. The van der Waals surface area contributed by atoms with E-state index in [2.05, 4.69) is 5.10 Å². The first-order valence-electron chi connectivity index (χ1n) is 5.93. The highest BCUT2D eigenvalue weighted by molar-refractivity contribution is 8.13. The molecular formula is C13H15ClN2O3S. The van der Waals surface area contributed by atoms with Crippen molar-refractivity contribution in [3.8, 4) is 5.75 Å². The predicted octanol–water partition coefficient (Wildman–Crippen LogP) is 2.54. The Morgan fingerprint density at radius 1 is 1.30 bits per heavy atom. The van der Waals surface area contributed by atoms with E-state index in [0.29, 0.717) is 12.4 Å². The van der Waals surface area contributed by atoms with Crippen molar-refractivity contribution in [3.63, 3.8) is 0 Å². The molecule has 0 aliphatic heterocycles. The van der Waals surface area contributed by atoms with Crippen LogP contribution in [0.5, 0.6) is 5.75 Å². The standard InChI is InChI=1S/C13H15ClN2O3S/c1-9-4-12(20(14,17)18)5-10(2)13(9)19-8-11-6-15-16(3)7-11/h4-7H,8H2,1-3H3. The largest absolute Gasteiger partial charge is 0.488 e. The number of aromatic nitrogens is 2. The van der Waals surface area contributed by atoms with Crippen LogP contribution >= 0.6 is 10.7 Å². The Bertz CT molecular complexity index is 715. The Balaban J connectivity index is 2.25. The van der Waals surface area contributed by atoms with E-state index in [-0.39, 0.29) is 4.90 Å².